The average molecular weight is 335 g/mol. The zero-order valence-electron chi connectivity index (χ0n) is 12.4. The van der Waals surface area contributed by atoms with Gasteiger partial charge in [0, 0.05) is 16.0 Å². The van der Waals surface area contributed by atoms with E-state index in [4.69, 9.17) is 11.6 Å². The molecule has 0 unspecified atom stereocenters. The highest BCUT2D eigenvalue weighted by Gasteiger charge is 2.32. The molecule has 1 heterocycles. The Labute approximate surface area is 143 Å². The number of hydrazone groups is 1. The Balaban J connectivity index is 1.81. The second-order valence-corrected chi connectivity index (χ2v) is 5.80. The molecule has 0 saturated heterocycles. The van der Waals surface area contributed by atoms with Crippen LogP contribution in [-0.4, -0.2) is 23.0 Å². The summed E-state index contributed by atoms with van der Waals surface area (Å²) < 4.78 is 0. The van der Waals surface area contributed by atoms with Gasteiger partial charge in [-0.1, -0.05) is 54.1 Å². The van der Waals surface area contributed by atoms with Crippen molar-refractivity contribution >= 4 is 40.4 Å². The van der Waals surface area contributed by atoms with E-state index in [2.05, 4.69) is 5.10 Å². The Morgan fingerprint density at radius 3 is 2.08 bits per heavy atom. The van der Waals surface area contributed by atoms with Crippen molar-refractivity contribution in [3.8, 4) is 0 Å². The molecule has 4 rings (SSSR count). The number of amides is 2. The summed E-state index contributed by atoms with van der Waals surface area (Å²) in [6, 6.07) is 17.9. The average Bonchev–Trinajstić information content (AvgIpc) is 2.61. The molecule has 0 N–H and O–H groups in total. The molecule has 24 heavy (non-hydrogen) atoms. The van der Waals surface area contributed by atoms with Crippen LogP contribution in [0.4, 0.5) is 0 Å². The fourth-order valence-electron chi connectivity index (χ4n) is 2.82. The maximum absolute atomic E-state index is 12.7. The molecule has 0 spiro atoms. The second-order valence-electron chi connectivity index (χ2n) is 5.40. The normalized spacial score (nSPS) is 14.0. The number of carbonyl (C=O) groups is 2. The van der Waals surface area contributed by atoms with E-state index < -0.39 is 11.8 Å². The summed E-state index contributed by atoms with van der Waals surface area (Å²) in [7, 11) is 0. The van der Waals surface area contributed by atoms with Gasteiger partial charge in [0.15, 0.2) is 0 Å². The van der Waals surface area contributed by atoms with Crippen molar-refractivity contribution in [1.29, 1.82) is 0 Å². The van der Waals surface area contributed by atoms with Crippen LogP contribution in [0, 0.1) is 0 Å². The molecule has 0 radical (unpaired) electrons. The first-order valence-corrected chi connectivity index (χ1v) is 7.73. The molecular formula is C19H11ClN2O2. The Bertz CT molecular complexity index is 976. The molecule has 1 aliphatic heterocycles. The Hall–Kier alpha value is -2.98. The molecule has 0 aliphatic carbocycles. The van der Waals surface area contributed by atoms with Gasteiger partial charge in [0.25, 0.3) is 11.8 Å². The van der Waals surface area contributed by atoms with Gasteiger partial charge in [-0.15, -0.1) is 0 Å². The van der Waals surface area contributed by atoms with Gasteiger partial charge in [0.1, 0.15) is 0 Å². The first kappa shape index (κ1) is 14.6. The first-order valence-electron chi connectivity index (χ1n) is 7.36. The van der Waals surface area contributed by atoms with Crippen LogP contribution >= 0.6 is 11.6 Å². The molecule has 116 valence electrons. The topological polar surface area (TPSA) is 49.7 Å². The third kappa shape index (κ3) is 2.20. The number of imide groups is 1. The first-order chi connectivity index (χ1) is 11.7. The van der Waals surface area contributed by atoms with Gasteiger partial charge < -0.3 is 0 Å². The third-order valence-electron chi connectivity index (χ3n) is 3.97. The van der Waals surface area contributed by atoms with E-state index in [1.165, 1.54) is 6.21 Å². The maximum Gasteiger partial charge on any atom is 0.282 e. The number of benzene rings is 3. The molecule has 3 aromatic rings. The van der Waals surface area contributed by atoms with Crippen LogP contribution < -0.4 is 0 Å². The number of rotatable bonds is 2. The van der Waals surface area contributed by atoms with E-state index in [9.17, 15) is 9.59 Å². The minimum atomic E-state index is -0.437. The van der Waals surface area contributed by atoms with Crippen LogP contribution in [0.1, 0.15) is 26.3 Å². The molecule has 0 saturated carbocycles. The number of nitrogens with zero attached hydrogens (tertiary/aromatic N) is 2. The highest BCUT2D eigenvalue weighted by molar-refractivity contribution is 6.33. The van der Waals surface area contributed by atoms with Crippen molar-refractivity contribution in [3.63, 3.8) is 0 Å². The molecule has 3 aromatic carbocycles. The Morgan fingerprint density at radius 2 is 1.46 bits per heavy atom. The standard InChI is InChI=1S/C19H11ClN2O2/c20-16-10-2-1-5-13(16)11-21-22-18(23)14-8-3-6-12-7-4-9-15(17(12)14)19(22)24/h1-11H/b21-11+. The van der Waals surface area contributed by atoms with Crippen LogP contribution in [0.5, 0.6) is 0 Å². The van der Waals surface area contributed by atoms with Gasteiger partial charge in [-0.25, -0.2) is 0 Å². The van der Waals surface area contributed by atoms with E-state index >= 15 is 0 Å². The SMILES string of the molecule is O=C1c2cccc3cccc(c23)C(=O)N1/N=C/c1ccccc1Cl. The van der Waals surface area contributed by atoms with Gasteiger partial charge in [-0.3, -0.25) is 9.59 Å². The minimum Gasteiger partial charge on any atom is -0.267 e. The highest BCUT2D eigenvalue weighted by Crippen LogP contribution is 2.30. The van der Waals surface area contributed by atoms with Crippen molar-refractivity contribution in [1.82, 2.24) is 5.01 Å². The van der Waals surface area contributed by atoms with Crippen LogP contribution in [0.2, 0.25) is 5.02 Å². The molecule has 0 aromatic heterocycles. The molecule has 0 atom stereocenters. The smallest absolute Gasteiger partial charge is 0.267 e. The number of carbonyl (C=O) groups excluding carboxylic acids is 2. The van der Waals surface area contributed by atoms with Crippen LogP contribution in [-0.2, 0) is 0 Å². The summed E-state index contributed by atoms with van der Waals surface area (Å²) in [5.41, 5.74) is 1.58. The Kier molecular flexibility index (Phi) is 3.40. The van der Waals surface area contributed by atoms with E-state index in [0.717, 1.165) is 10.4 Å². The van der Waals surface area contributed by atoms with Crippen molar-refractivity contribution in [2.45, 2.75) is 0 Å². The molecule has 5 heteroatoms. The van der Waals surface area contributed by atoms with Crippen molar-refractivity contribution < 1.29 is 9.59 Å². The lowest BCUT2D eigenvalue weighted by molar-refractivity contribution is 0.0616. The van der Waals surface area contributed by atoms with Gasteiger partial charge in [0.05, 0.1) is 17.3 Å². The lowest BCUT2D eigenvalue weighted by atomic mass is 9.95. The van der Waals surface area contributed by atoms with Crippen LogP contribution in [0.25, 0.3) is 10.8 Å². The largest absolute Gasteiger partial charge is 0.282 e. The summed E-state index contributed by atoms with van der Waals surface area (Å²) in [5.74, 6) is -0.875. The zero-order valence-corrected chi connectivity index (χ0v) is 13.2. The fourth-order valence-corrected chi connectivity index (χ4v) is 3.01. The zero-order chi connectivity index (χ0) is 16.7. The quantitative estimate of drug-likeness (QED) is 0.523. The summed E-state index contributed by atoms with van der Waals surface area (Å²) in [4.78, 5) is 25.4. The van der Waals surface area contributed by atoms with Crippen molar-refractivity contribution in [3.05, 3.63) is 82.4 Å². The lowest BCUT2D eigenvalue weighted by Crippen LogP contribution is -2.36. The monoisotopic (exact) mass is 334 g/mol. The lowest BCUT2D eigenvalue weighted by Gasteiger charge is -2.23. The fraction of sp³-hybridized carbons (Fsp3) is 0. The van der Waals surface area contributed by atoms with Crippen molar-refractivity contribution in [2.24, 2.45) is 5.10 Å². The van der Waals surface area contributed by atoms with Gasteiger partial charge in [-0.05, 0) is 23.6 Å². The summed E-state index contributed by atoms with van der Waals surface area (Å²) in [5, 5.41) is 7.02. The van der Waals surface area contributed by atoms with Crippen LogP contribution in [0.3, 0.4) is 0 Å². The Morgan fingerprint density at radius 1 is 0.833 bits per heavy atom. The number of halogens is 1. The summed E-state index contributed by atoms with van der Waals surface area (Å²) in [6.45, 7) is 0. The van der Waals surface area contributed by atoms with Crippen LogP contribution in [0.15, 0.2) is 65.8 Å². The molecule has 1 aliphatic rings. The second kappa shape index (κ2) is 5.58. The van der Waals surface area contributed by atoms with E-state index in [1.807, 2.05) is 18.2 Å². The molecule has 2 amide bonds. The predicted octanol–water partition coefficient (Wildman–Crippen LogP) is 4.12. The molecular weight excluding hydrogens is 324 g/mol. The summed E-state index contributed by atoms with van der Waals surface area (Å²) >= 11 is 6.08. The van der Waals surface area contributed by atoms with Gasteiger partial charge >= 0.3 is 0 Å². The minimum absolute atomic E-state index is 0.437. The summed E-state index contributed by atoms with van der Waals surface area (Å²) in [6.07, 6.45) is 1.42. The number of hydrogen-bond acceptors (Lipinski definition) is 3. The van der Waals surface area contributed by atoms with E-state index in [-0.39, 0.29) is 0 Å². The van der Waals surface area contributed by atoms with Gasteiger partial charge in [0.2, 0.25) is 0 Å². The van der Waals surface area contributed by atoms with Crippen molar-refractivity contribution in [2.75, 3.05) is 0 Å². The number of hydrogen-bond donors (Lipinski definition) is 0. The van der Waals surface area contributed by atoms with E-state index in [0.29, 0.717) is 27.1 Å². The van der Waals surface area contributed by atoms with E-state index in [1.54, 1.807) is 42.5 Å². The molecule has 0 bridgehead atoms. The maximum atomic E-state index is 12.7. The predicted molar refractivity (Wildman–Crippen MR) is 93.5 cm³/mol. The molecule has 0 fully saturated rings. The van der Waals surface area contributed by atoms with Gasteiger partial charge in [-0.2, -0.15) is 10.1 Å². The highest BCUT2D eigenvalue weighted by atomic mass is 35.5. The third-order valence-corrected chi connectivity index (χ3v) is 4.31. The molecule has 4 nitrogen and oxygen atoms in total.